The molecule has 0 saturated carbocycles. The first-order chi connectivity index (χ1) is 2.27. The Labute approximate surface area is 45.4 Å². The molecule has 0 saturated heterocycles. The van der Waals surface area contributed by atoms with Crippen LogP contribution in [0.1, 0.15) is 0 Å². The van der Waals surface area contributed by atoms with Crippen LogP contribution in [-0.2, 0) is 38.4 Å². The summed E-state index contributed by atoms with van der Waals surface area (Å²) in [6.07, 6.45) is 0. The zero-order valence-electron chi connectivity index (χ0n) is 2.76. The molecule has 28 valence electrons. The van der Waals surface area contributed by atoms with Gasteiger partial charge in [-0.15, -0.1) is 0 Å². The summed E-state index contributed by atoms with van der Waals surface area (Å²) in [6.45, 7) is 0. The molecule has 0 aromatic carbocycles. The van der Waals surface area contributed by atoms with E-state index >= 15 is 0 Å². The molecular weight excluding hydrogens is 420 g/mol. The number of hydrogen-bond acceptors (Lipinski definition) is 2. The molecule has 0 aliphatic heterocycles. The van der Waals surface area contributed by atoms with Gasteiger partial charge in [0.25, 0.3) is 0 Å². The van der Waals surface area contributed by atoms with Crippen molar-refractivity contribution in [2.24, 2.45) is 0 Å². The third-order valence-electron chi connectivity index (χ3n) is 0.129. The van der Waals surface area contributed by atoms with Crippen molar-refractivity contribution in [3.8, 4) is 0 Å². The van der Waals surface area contributed by atoms with Gasteiger partial charge in [0, 0.05) is 0 Å². The fourth-order valence-corrected chi connectivity index (χ4v) is 0. The van der Waals surface area contributed by atoms with Gasteiger partial charge in [0.15, 0.2) is 0 Å². The van der Waals surface area contributed by atoms with Crippen molar-refractivity contribution in [3.63, 3.8) is 0 Å². The van der Waals surface area contributed by atoms with Gasteiger partial charge in [-0.3, -0.25) is 0 Å². The molecule has 0 bridgehead atoms. The molecule has 0 spiro atoms. The quantitative estimate of drug-likeness (QED) is 0.486. The molecule has 0 fully saturated rings. The fourth-order valence-electron chi connectivity index (χ4n) is 0. The second-order valence-corrected chi connectivity index (χ2v) is 62.2. The van der Waals surface area contributed by atoms with Gasteiger partial charge in [0.2, 0.25) is 0 Å². The minimum atomic E-state index is -2.19. The second kappa shape index (κ2) is 3.61. The van der Waals surface area contributed by atoms with E-state index in [9.17, 15) is 6.10 Å². The minimum absolute atomic E-state index is 0.795. The van der Waals surface area contributed by atoms with Crippen LogP contribution < -0.4 is 0 Å². The van der Waals surface area contributed by atoms with E-state index in [1.54, 1.807) is 0 Å². The van der Waals surface area contributed by atoms with E-state index in [0.717, 1.165) is 7.43 Å². The predicted octanol–water partition coefficient (Wildman–Crippen LogP) is -1.43. The summed E-state index contributed by atoms with van der Waals surface area (Å²) in [5, 5.41) is 0. The van der Waals surface area contributed by atoms with Crippen LogP contribution in [0.15, 0.2) is 0 Å². The SMILES string of the molecule is [O]=[Ta][Hf](=[O])[SiH3]. The molecule has 0 aromatic rings. The van der Waals surface area contributed by atoms with Crippen molar-refractivity contribution in [3.05, 3.63) is 0 Å². The third kappa shape index (κ3) is 5.43. The van der Waals surface area contributed by atoms with Gasteiger partial charge in [-0.2, -0.15) is 0 Å². The summed E-state index contributed by atoms with van der Waals surface area (Å²) in [6, 6.07) is 0. The van der Waals surface area contributed by atoms with Crippen LogP contribution in [-0.4, -0.2) is 7.43 Å². The van der Waals surface area contributed by atoms with E-state index in [1.807, 2.05) is 0 Å². The van der Waals surface area contributed by atoms with Crippen molar-refractivity contribution in [2.75, 3.05) is 0 Å². The number of hydrogen-bond donors (Lipinski definition) is 0. The Morgan fingerprint density at radius 1 is 1.80 bits per heavy atom. The molecule has 0 rings (SSSR count). The molecule has 0 atom stereocenters. The maximum atomic E-state index is 9.94. The zero-order chi connectivity index (χ0) is 4.28. The Morgan fingerprint density at radius 3 is 2.00 bits per heavy atom. The first-order valence-corrected chi connectivity index (χ1v) is 30.4. The molecule has 5 heteroatoms. The molecule has 5 heavy (non-hydrogen) atoms. The molecule has 0 heterocycles. The normalized spacial score (nSPS) is 7.20. The van der Waals surface area contributed by atoms with E-state index in [2.05, 4.69) is 0 Å². The Balaban J connectivity index is 3.20. The van der Waals surface area contributed by atoms with Gasteiger partial charge in [-0.25, -0.2) is 0 Å². The molecule has 0 amide bonds. The van der Waals surface area contributed by atoms with Gasteiger partial charge in [-0.1, -0.05) is 0 Å². The summed E-state index contributed by atoms with van der Waals surface area (Å²) < 4.78 is 19.6. The summed E-state index contributed by atoms with van der Waals surface area (Å²) >= 11 is -3.66. The first kappa shape index (κ1) is 6.43. The van der Waals surface area contributed by atoms with Crippen LogP contribution in [0.2, 0.25) is 0 Å². The van der Waals surface area contributed by atoms with E-state index < -0.39 is 32.3 Å². The molecule has 0 aliphatic rings. The van der Waals surface area contributed by atoms with Crippen molar-refractivity contribution in [1.82, 2.24) is 0 Å². The predicted molar refractivity (Wildman–Crippen MR) is 11.3 cm³/mol. The van der Waals surface area contributed by atoms with Crippen LogP contribution in [0.3, 0.4) is 0 Å². The molecule has 0 N–H and O–H groups in total. The summed E-state index contributed by atoms with van der Waals surface area (Å²) in [4.78, 5) is 0. The zero-order valence-corrected chi connectivity index (χ0v) is 11.6. The monoisotopic (exact) mass is 424 g/mol. The molecule has 2 nitrogen and oxygen atoms in total. The van der Waals surface area contributed by atoms with Crippen LogP contribution in [0.4, 0.5) is 0 Å². The molecule has 0 aliphatic carbocycles. The fraction of sp³-hybridized carbons (Fsp3) is 0. The summed E-state index contributed by atoms with van der Waals surface area (Å²) in [5.41, 5.74) is 0. The van der Waals surface area contributed by atoms with Crippen molar-refractivity contribution >= 4 is 7.43 Å². The van der Waals surface area contributed by atoms with Crippen molar-refractivity contribution in [2.45, 2.75) is 0 Å². The molecule has 0 radical (unpaired) electrons. The summed E-state index contributed by atoms with van der Waals surface area (Å²) in [5.74, 6) is 0. The Hall–Kier alpha value is 1.43. The maximum absolute atomic E-state index is 9.94. The van der Waals surface area contributed by atoms with Crippen LogP contribution in [0, 0.1) is 0 Å². The standard InChI is InChI=1S/Hf.2O.H3Si.Ta/h;;;1H3;. The van der Waals surface area contributed by atoms with Crippen molar-refractivity contribution < 1.29 is 38.4 Å². The summed E-state index contributed by atoms with van der Waals surface area (Å²) in [7, 11) is 0.795. The first-order valence-electron chi connectivity index (χ1n) is 1.11. The molecule has 0 aromatic heterocycles. The van der Waals surface area contributed by atoms with Crippen LogP contribution in [0.5, 0.6) is 0 Å². The molecule has 0 unspecified atom stereocenters. The topological polar surface area (TPSA) is 34.1 Å². The van der Waals surface area contributed by atoms with Crippen LogP contribution in [0.25, 0.3) is 0 Å². The third-order valence-corrected chi connectivity index (χ3v) is 20.8. The van der Waals surface area contributed by atoms with Gasteiger partial charge >= 0.3 is 45.9 Å². The van der Waals surface area contributed by atoms with Gasteiger partial charge in [0.1, 0.15) is 0 Å². The second-order valence-electron chi connectivity index (χ2n) is 0.610. The average molecular weight is 423 g/mol. The Kier molecular flexibility index (Phi) is 4.64. The van der Waals surface area contributed by atoms with Gasteiger partial charge < -0.3 is 0 Å². The van der Waals surface area contributed by atoms with Gasteiger partial charge in [-0.05, 0) is 0 Å². The van der Waals surface area contributed by atoms with Crippen molar-refractivity contribution in [1.29, 1.82) is 0 Å². The Morgan fingerprint density at radius 2 is 2.00 bits per heavy atom. The van der Waals surface area contributed by atoms with E-state index in [4.69, 9.17) is 0 Å². The Bertz CT molecular complexity index is 60.7. The van der Waals surface area contributed by atoms with E-state index in [0.29, 0.717) is 0 Å². The molecular formula is H3HfO2SiTa. The van der Waals surface area contributed by atoms with Crippen LogP contribution >= 0.6 is 0 Å². The van der Waals surface area contributed by atoms with E-state index in [-0.39, 0.29) is 0 Å². The van der Waals surface area contributed by atoms with Gasteiger partial charge in [0.05, 0.1) is 0 Å². The number of rotatable bonds is 1. The average Bonchev–Trinajstić information content (AvgIpc) is 1.38. The van der Waals surface area contributed by atoms with E-state index in [1.165, 1.54) is 0 Å².